The molecule has 1 aliphatic heterocycles. The zero-order valence-electron chi connectivity index (χ0n) is 21.6. The number of rotatable bonds is 5. The highest BCUT2D eigenvalue weighted by atomic mass is 35.5. The molecule has 4 heteroatoms. The van der Waals surface area contributed by atoms with Gasteiger partial charge < -0.3 is 4.74 Å². The fraction of sp³-hybridized carbons (Fsp3) is 0.406. The summed E-state index contributed by atoms with van der Waals surface area (Å²) in [5.74, 6) is 1.41. The summed E-state index contributed by atoms with van der Waals surface area (Å²) >= 11 is 6.51. The SMILES string of the molecule is COc1ccc(CC2CCN(Cc3ccccc3Cl)CCCCCc3cc(C)ccc3C(=O)C2)cc1. The van der Waals surface area contributed by atoms with Crippen molar-refractivity contribution in [2.24, 2.45) is 5.92 Å². The number of hydrogen-bond donors (Lipinski definition) is 0. The van der Waals surface area contributed by atoms with Crippen LogP contribution in [0.4, 0.5) is 0 Å². The van der Waals surface area contributed by atoms with Gasteiger partial charge in [0.15, 0.2) is 5.78 Å². The largest absolute Gasteiger partial charge is 0.497 e. The molecule has 1 atom stereocenters. The van der Waals surface area contributed by atoms with Crippen LogP contribution in [0.5, 0.6) is 5.75 Å². The number of benzene rings is 3. The van der Waals surface area contributed by atoms with Crippen molar-refractivity contribution in [2.75, 3.05) is 20.2 Å². The van der Waals surface area contributed by atoms with Crippen LogP contribution in [0.2, 0.25) is 5.02 Å². The first-order valence-electron chi connectivity index (χ1n) is 13.2. The fourth-order valence-electron chi connectivity index (χ4n) is 5.27. The molecule has 36 heavy (non-hydrogen) atoms. The molecular weight excluding hydrogens is 466 g/mol. The lowest BCUT2D eigenvalue weighted by molar-refractivity contribution is 0.0953. The molecule has 0 radical (unpaired) electrons. The van der Waals surface area contributed by atoms with E-state index in [4.69, 9.17) is 16.3 Å². The Morgan fingerprint density at radius 2 is 1.78 bits per heavy atom. The lowest BCUT2D eigenvalue weighted by Gasteiger charge is -2.26. The molecule has 0 fully saturated rings. The van der Waals surface area contributed by atoms with Gasteiger partial charge in [0.1, 0.15) is 5.75 Å². The number of fused-ring (bicyclic) bond motifs is 1. The summed E-state index contributed by atoms with van der Waals surface area (Å²) in [4.78, 5) is 16.1. The van der Waals surface area contributed by atoms with Crippen molar-refractivity contribution in [2.45, 2.75) is 58.4 Å². The number of aryl methyl sites for hydroxylation is 2. The molecule has 1 aliphatic rings. The zero-order chi connectivity index (χ0) is 25.3. The van der Waals surface area contributed by atoms with Crippen molar-refractivity contribution in [3.05, 3.63) is 99.6 Å². The summed E-state index contributed by atoms with van der Waals surface area (Å²) in [6, 6.07) is 22.8. The zero-order valence-corrected chi connectivity index (χ0v) is 22.4. The molecule has 0 saturated carbocycles. The lowest BCUT2D eigenvalue weighted by Crippen LogP contribution is -2.28. The maximum Gasteiger partial charge on any atom is 0.163 e. The molecule has 3 nitrogen and oxygen atoms in total. The number of Topliss-reactive ketones (excluding diaryl/α,β-unsaturated/α-hetero) is 1. The van der Waals surface area contributed by atoms with Gasteiger partial charge in [0.05, 0.1) is 7.11 Å². The minimum atomic E-state index is 0.273. The van der Waals surface area contributed by atoms with Gasteiger partial charge in [-0.3, -0.25) is 9.69 Å². The molecular formula is C32H38ClNO2. The van der Waals surface area contributed by atoms with E-state index in [0.29, 0.717) is 6.42 Å². The van der Waals surface area contributed by atoms with Crippen LogP contribution in [0.15, 0.2) is 66.7 Å². The molecule has 3 aromatic rings. The van der Waals surface area contributed by atoms with Gasteiger partial charge in [0, 0.05) is 23.6 Å². The number of carbonyl (C=O) groups is 1. The van der Waals surface area contributed by atoms with E-state index in [2.05, 4.69) is 54.3 Å². The average Bonchev–Trinajstić information content (AvgIpc) is 2.89. The predicted octanol–water partition coefficient (Wildman–Crippen LogP) is 7.71. The summed E-state index contributed by atoms with van der Waals surface area (Å²) in [5, 5.41) is 0.830. The van der Waals surface area contributed by atoms with E-state index in [9.17, 15) is 4.79 Å². The fourth-order valence-corrected chi connectivity index (χ4v) is 5.47. The minimum absolute atomic E-state index is 0.273. The third-order valence-electron chi connectivity index (χ3n) is 7.34. The Labute approximate surface area is 221 Å². The lowest BCUT2D eigenvalue weighted by atomic mass is 9.87. The van der Waals surface area contributed by atoms with Gasteiger partial charge in [-0.2, -0.15) is 0 Å². The number of carbonyl (C=O) groups excluding carboxylic acids is 1. The number of nitrogens with zero attached hydrogens (tertiary/aromatic N) is 1. The summed E-state index contributed by atoms with van der Waals surface area (Å²) in [6.07, 6.45) is 6.83. The molecule has 190 valence electrons. The maximum atomic E-state index is 13.6. The van der Waals surface area contributed by atoms with Crippen LogP contribution in [0.1, 0.15) is 64.7 Å². The minimum Gasteiger partial charge on any atom is -0.497 e. The molecule has 0 bridgehead atoms. The Bertz CT molecular complexity index is 1140. The molecule has 1 heterocycles. The van der Waals surface area contributed by atoms with Gasteiger partial charge in [-0.25, -0.2) is 0 Å². The average molecular weight is 504 g/mol. The van der Waals surface area contributed by atoms with Crippen molar-refractivity contribution in [1.29, 1.82) is 0 Å². The molecule has 0 spiro atoms. The van der Waals surface area contributed by atoms with Crippen LogP contribution in [-0.4, -0.2) is 30.9 Å². The Morgan fingerprint density at radius 1 is 0.972 bits per heavy atom. The van der Waals surface area contributed by atoms with Gasteiger partial charge >= 0.3 is 0 Å². The second-order valence-electron chi connectivity index (χ2n) is 10.2. The van der Waals surface area contributed by atoms with Gasteiger partial charge in [-0.1, -0.05) is 72.1 Å². The Balaban J connectivity index is 1.56. The standard InChI is InChI=1S/C32H38ClNO2/c1-24-11-16-30-27(20-24)8-4-3-7-18-34(23-28-9-5-6-10-31(28)33)19-17-26(22-32(30)35)21-25-12-14-29(36-2)15-13-25/h5-6,9-16,20,26H,3-4,7-8,17-19,21-23H2,1-2H3. The third-order valence-corrected chi connectivity index (χ3v) is 7.71. The third kappa shape index (κ3) is 7.44. The van der Waals surface area contributed by atoms with Gasteiger partial charge in [0.2, 0.25) is 0 Å². The summed E-state index contributed by atoms with van der Waals surface area (Å²) in [5.41, 5.74) is 5.79. The van der Waals surface area contributed by atoms with E-state index < -0.39 is 0 Å². The van der Waals surface area contributed by atoms with Crippen molar-refractivity contribution in [3.8, 4) is 5.75 Å². The van der Waals surface area contributed by atoms with E-state index >= 15 is 0 Å². The van der Waals surface area contributed by atoms with Crippen molar-refractivity contribution >= 4 is 17.4 Å². The number of methoxy groups -OCH3 is 1. The second kappa shape index (κ2) is 13.1. The first kappa shape index (κ1) is 26.4. The number of hydrogen-bond acceptors (Lipinski definition) is 3. The van der Waals surface area contributed by atoms with E-state index in [0.717, 1.165) is 74.5 Å². The molecule has 0 saturated heterocycles. The monoisotopic (exact) mass is 503 g/mol. The van der Waals surface area contributed by atoms with E-state index in [-0.39, 0.29) is 11.7 Å². The molecule has 0 amide bonds. The maximum absolute atomic E-state index is 13.6. The molecule has 3 aromatic carbocycles. The van der Waals surface area contributed by atoms with Crippen molar-refractivity contribution in [3.63, 3.8) is 0 Å². The molecule has 1 unspecified atom stereocenters. The highest BCUT2D eigenvalue weighted by Gasteiger charge is 2.21. The van der Waals surface area contributed by atoms with Gasteiger partial charge in [-0.15, -0.1) is 0 Å². The number of ether oxygens (including phenoxy) is 1. The van der Waals surface area contributed by atoms with Crippen LogP contribution in [0.25, 0.3) is 0 Å². The first-order chi connectivity index (χ1) is 17.5. The second-order valence-corrected chi connectivity index (χ2v) is 10.6. The van der Waals surface area contributed by atoms with E-state index in [1.165, 1.54) is 22.3 Å². The molecule has 4 rings (SSSR count). The molecule has 0 aliphatic carbocycles. The first-order valence-corrected chi connectivity index (χ1v) is 13.6. The Kier molecular flexibility index (Phi) is 9.60. The molecule has 0 N–H and O–H groups in total. The normalized spacial score (nSPS) is 18.0. The summed E-state index contributed by atoms with van der Waals surface area (Å²) in [6.45, 7) is 4.97. The number of halogens is 1. The van der Waals surface area contributed by atoms with Crippen LogP contribution >= 0.6 is 11.6 Å². The Morgan fingerprint density at radius 3 is 2.56 bits per heavy atom. The quantitative estimate of drug-likeness (QED) is 0.357. The van der Waals surface area contributed by atoms with Crippen LogP contribution in [-0.2, 0) is 19.4 Å². The van der Waals surface area contributed by atoms with E-state index in [1.807, 2.05) is 24.3 Å². The smallest absolute Gasteiger partial charge is 0.163 e. The van der Waals surface area contributed by atoms with Gasteiger partial charge in [0.25, 0.3) is 0 Å². The van der Waals surface area contributed by atoms with Crippen molar-refractivity contribution in [1.82, 2.24) is 4.90 Å². The Hall–Kier alpha value is -2.62. The van der Waals surface area contributed by atoms with Crippen LogP contribution in [0.3, 0.4) is 0 Å². The molecule has 0 aromatic heterocycles. The van der Waals surface area contributed by atoms with Crippen LogP contribution in [0, 0.1) is 12.8 Å². The summed E-state index contributed by atoms with van der Waals surface area (Å²) in [7, 11) is 1.69. The highest BCUT2D eigenvalue weighted by molar-refractivity contribution is 6.31. The van der Waals surface area contributed by atoms with E-state index in [1.54, 1.807) is 7.11 Å². The summed E-state index contributed by atoms with van der Waals surface area (Å²) < 4.78 is 5.34. The number of ketones is 1. The topological polar surface area (TPSA) is 29.5 Å². The predicted molar refractivity (Wildman–Crippen MR) is 149 cm³/mol. The van der Waals surface area contributed by atoms with Gasteiger partial charge in [-0.05, 0) is 92.9 Å². The van der Waals surface area contributed by atoms with Crippen LogP contribution < -0.4 is 4.74 Å². The highest BCUT2D eigenvalue weighted by Crippen LogP contribution is 2.26. The van der Waals surface area contributed by atoms with Crippen molar-refractivity contribution < 1.29 is 9.53 Å².